The van der Waals surface area contributed by atoms with Crippen molar-refractivity contribution in [2.75, 3.05) is 6.61 Å². The Morgan fingerprint density at radius 2 is 2.38 bits per heavy atom. The smallest absolute Gasteiger partial charge is 0.123 e. The SMILES string of the molecule is NCc1csc(-c2ccc3c(c2)CCO3)n1. The molecule has 0 radical (unpaired) electrons. The monoisotopic (exact) mass is 232 g/mol. The number of thiazole rings is 1. The van der Waals surface area contributed by atoms with Crippen molar-refractivity contribution in [2.45, 2.75) is 13.0 Å². The molecule has 1 aromatic heterocycles. The number of hydrogen-bond acceptors (Lipinski definition) is 4. The highest BCUT2D eigenvalue weighted by atomic mass is 32.1. The molecule has 0 saturated heterocycles. The number of ether oxygens (including phenoxy) is 1. The fraction of sp³-hybridized carbons (Fsp3) is 0.250. The minimum absolute atomic E-state index is 0.505. The molecule has 3 rings (SSSR count). The molecule has 2 N–H and O–H groups in total. The van der Waals surface area contributed by atoms with Crippen molar-refractivity contribution in [3.05, 3.63) is 34.8 Å². The fourth-order valence-corrected chi connectivity index (χ4v) is 2.68. The first-order valence-electron chi connectivity index (χ1n) is 5.27. The molecular formula is C12H12N2OS. The summed E-state index contributed by atoms with van der Waals surface area (Å²) in [5.41, 5.74) is 8.95. The van der Waals surface area contributed by atoms with Gasteiger partial charge in [-0.2, -0.15) is 0 Å². The third-order valence-electron chi connectivity index (χ3n) is 2.70. The van der Waals surface area contributed by atoms with Crippen LogP contribution in [0.15, 0.2) is 23.6 Å². The van der Waals surface area contributed by atoms with Crippen molar-refractivity contribution >= 4 is 11.3 Å². The summed E-state index contributed by atoms with van der Waals surface area (Å²) >= 11 is 1.64. The Hall–Kier alpha value is -1.39. The first kappa shape index (κ1) is 9.81. The number of hydrogen-bond donors (Lipinski definition) is 1. The molecule has 0 fully saturated rings. The first-order chi connectivity index (χ1) is 7.86. The number of fused-ring (bicyclic) bond motifs is 1. The molecule has 3 nitrogen and oxygen atoms in total. The summed E-state index contributed by atoms with van der Waals surface area (Å²) < 4.78 is 5.48. The van der Waals surface area contributed by atoms with Crippen LogP contribution in [0.4, 0.5) is 0 Å². The lowest BCUT2D eigenvalue weighted by atomic mass is 10.1. The van der Waals surface area contributed by atoms with Gasteiger partial charge in [0.05, 0.1) is 12.3 Å². The van der Waals surface area contributed by atoms with Crippen molar-refractivity contribution in [3.8, 4) is 16.3 Å². The third-order valence-corrected chi connectivity index (χ3v) is 3.64. The van der Waals surface area contributed by atoms with E-state index in [0.29, 0.717) is 6.54 Å². The maximum absolute atomic E-state index is 5.56. The molecule has 0 unspecified atom stereocenters. The second-order valence-electron chi connectivity index (χ2n) is 3.77. The van der Waals surface area contributed by atoms with E-state index in [-0.39, 0.29) is 0 Å². The Bertz CT molecular complexity index is 521. The zero-order chi connectivity index (χ0) is 11.0. The van der Waals surface area contributed by atoms with Crippen LogP contribution in [-0.2, 0) is 13.0 Å². The lowest BCUT2D eigenvalue weighted by Crippen LogP contribution is -1.95. The first-order valence-corrected chi connectivity index (χ1v) is 6.15. The Morgan fingerprint density at radius 1 is 1.44 bits per heavy atom. The summed E-state index contributed by atoms with van der Waals surface area (Å²) in [6.07, 6.45) is 0.998. The highest BCUT2D eigenvalue weighted by Gasteiger charge is 2.13. The van der Waals surface area contributed by atoms with Crippen LogP contribution in [-0.4, -0.2) is 11.6 Å². The number of benzene rings is 1. The van der Waals surface area contributed by atoms with E-state index in [9.17, 15) is 0 Å². The van der Waals surface area contributed by atoms with Gasteiger partial charge in [-0.15, -0.1) is 11.3 Å². The molecule has 1 aliphatic rings. The maximum Gasteiger partial charge on any atom is 0.123 e. The molecule has 82 valence electrons. The van der Waals surface area contributed by atoms with Crippen LogP contribution in [0.2, 0.25) is 0 Å². The highest BCUT2D eigenvalue weighted by molar-refractivity contribution is 7.13. The van der Waals surface area contributed by atoms with Crippen LogP contribution in [0.25, 0.3) is 10.6 Å². The Kier molecular flexibility index (Phi) is 2.38. The van der Waals surface area contributed by atoms with Gasteiger partial charge in [0, 0.05) is 23.9 Å². The van der Waals surface area contributed by atoms with E-state index in [4.69, 9.17) is 10.5 Å². The van der Waals surface area contributed by atoms with E-state index >= 15 is 0 Å². The predicted octanol–water partition coefficient (Wildman–Crippen LogP) is 2.20. The summed E-state index contributed by atoms with van der Waals surface area (Å²) in [6, 6.07) is 6.26. The van der Waals surface area contributed by atoms with Crippen LogP contribution < -0.4 is 10.5 Å². The van der Waals surface area contributed by atoms with Crippen molar-refractivity contribution in [1.82, 2.24) is 4.98 Å². The van der Waals surface area contributed by atoms with Crippen molar-refractivity contribution in [2.24, 2.45) is 5.73 Å². The third kappa shape index (κ3) is 1.60. The van der Waals surface area contributed by atoms with Gasteiger partial charge in [0.25, 0.3) is 0 Å². The van der Waals surface area contributed by atoms with Gasteiger partial charge in [-0.05, 0) is 23.8 Å². The molecule has 0 aliphatic carbocycles. The van der Waals surface area contributed by atoms with Crippen LogP contribution in [0.3, 0.4) is 0 Å². The largest absolute Gasteiger partial charge is 0.493 e. The summed E-state index contributed by atoms with van der Waals surface area (Å²) in [5, 5.41) is 3.05. The lowest BCUT2D eigenvalue weighted by Gasteiger charge is -2.00. The molecule has 1 aliphatic heterocycles. The zero-order valence-electron chi connectivity index (χ0n) is 8.77. The molecule has 4 heteroatoms. The average Bonchev–Trinajstić information content (AvgIpc) is 2.96. The molecule has 1 aromatic carbocycles. The quantitative estimate of drug-likeness (QED) is 0.863. The summed E-state index contributed by atoms with van der Waals surface area (Å²) in [4.78, 5) is 4.48. The second-order valence-corrected chi connectivity index (χ2v) is 4.63. The molecule has 0 atom stereocenters. The van der Waals surface area contributed by atoms with E-state index < -0.39 is 0 Å². The molecule has 0 bridgehead atoms. The minimum atomic E-state index is 0.505. The van der Waals surface area contributed by atoms with E-state index in [1.807, 2.05) is 11.4 Å². The van der Waals surface area contributed by atoms with Crippen molar-refractivity contribution in [3.63, 3.8) is 0 Å². The number of aromatic nitrogens is 1. The summed E-state index contributed by atoms with van der Waals surface area (Å²) in [7, 11) is 0. The van der Waals surface area contributed by atoms with E-state index in [2.05, 4.69) is 17.1 Å². The van der Waals surface area contributed by atoms with Gasteiger partial charge in [0.1, 0.15) is 10.8 Å². The number of nitrogens with two attached hydrogens (primary N) is 1. The normalized spacial score (nSPS) is 13.6. The second kappa shape index (κ2) is 3.88. The van der Waals surface area contributed by atoms with Gasteiger partial charge in [0.2, 0.25) is 0 Å². The lowest BCUT2D eigenvalue weighted by molar-refractivity contribution is 0.357. The minimum Gasteiger partial charge on any atom is -0.493 e. The average molecular weight is 232 g/mol. The number of nitrogens with zero attached hydrogens (tertiary/aromatic N) is 1. The summed E-state index contributed by atoms with van der Waals surface area (Å²) in [5.74, 6) is 1.01. The highest BCUT2D eigenvalue weighted by Crippen LogP contribution is 2.31. The Morgan fingerprint density at radius 3 is 3.19 bits per heavy atom. The van der Waals surface area contributed by atoms with Crippen LogP contribution in [0, 0.1) is 0 Å². The van der Waals surface area contributed by atoms with Crippen molar-refractivity contribution in [1.29, 1.82) is 0 Å². The molecule has 0 saturated carbocycles. The van der Waals surface area contributed by atoms with Crippen LogP contribution in [0.1, 0.15) is 11.3 Å². The Labute approximate surface area is 97.9 Å². The molecular weight excluding hydrogens is 220 g/mol. The number of rotatable bonds is 2. The van der Waals surface area contributed by atoms with Gasteiger partial charge in [-0.25, -0.2) is 4.98 Å². The summed E-state index contributed by atoms with van der Waals surface area (Å²) in [6.45, 7) is 1.30. The molecule has 0 spiro atoms. The zero-order valence-corrected chi connectivity index (χ0v) is 9.59. The fourth-order valence-electron chi connectivity index (χ4n) is 1.85. The van der Waals surface area contributed by atoms with E-state index in [1.54, 1.807) is 11.3 Å². The maximum atomic E-state index is 5.56. The van der Waals surface area contributed by atoms with Gasteiger partial charge in [-0.3, -0.25) is 0 Å². The van der Waals surface area contributed by atoms with Crippen LogP contribution >= 0.6 is 11.3 Å². The molecule has 2 aromatic rings. The van der Waals surface area contributed by atoms with Crippen LogP contribution in [0.5, 0.6) is 5.75 Å². The Balaban J connectivity index is 2.00. The van der Waals surface area contributed by atoms with Gasteiger partial charge in [0.15, 0.2) is 0 Å². The topological polar surface area (TPSA) is 48.1 Å². The standard InChI is InChI=1S/C12H12N2OS/c13-6-10-7-16-12(14-10)9-1-2-11-8(5-9)3-4-15-11/h1-2,5,7H,3-4,6,13H2. The molecule has 2 heterocycles. The van der Waals surface area contributed by atoms with Gasteiger partial charge >= 0.3 is 0 Å². The van der Waals surface area contributed by atoms with Gasteiger partial charge in [-0.1, -0.05) is 0 Å². The molecule has 16 heavy (non-hydrogen) atoms. The molecule has 0 amide bonds. The predicted molar refractivity (Wildman–Crippen MR) is 64.6 cm³/mol. The van der Waals surface area contributed by atoms with E-state index in [0.717, 1.165) is 35.0 Å². The van der Waals surface area contributed by atoms with E-state index in [1.165, 1.54) is 5.56 Å². The van der Waals surface area contributed by atoms with Crippen molar-refractivity contribution < 1.29 is 4.74 Å². The van der Waals surface area contributed by atoms with Gasteiger partial charge < -0.3 is 10.5 Å².